The summed E-state index contributed by atoms with van der Waals surface area (Å²) in [5.74, 6) is 0.201. The van der Waals surface area contributed by atoms with E-state index in [2.05, 4.69) is 4.98 Å². The number of rotatable bonds is 6. The van der Waals surface area contributed by atoms with Crippen LogP contribution in [0.1, 0.15) is 26.7 Å². The summed E-state index contributed by atoms with van der Waals surface area (Å²) >= 11 is 11.3. The summed E-state index contributed by atoms with van der Waals surface area (Å²) in [6, 6.07) is 7.94. The Bertz CT molecular complexity index is 907. The number of hydrogen-bond donors (Lipinski definition) is 1. The Hall–Kier alpha value is -1.54. The molecule has 0 aliphatic rings. The summed E-state index contributed by atoms with van der Waals surface area (Å²) in [5.41, 5.74) is -0.00941. The van der Waals surface area contributed by atoms with Crippen LogP contribution < -0.4 is 4.74 Å². The lowest BCUT2D eigenvalue weighted by Gasteiger charge is -2.25. The van der Waals surface area contributed by atoms with Crippen molar-refractivity contribution in [3.05, 3.63) is 41.6 Å². The maximum absolute atomic E-state index is 11.6. The van der Waals surface area contributed by atoms with Crippen LogP contribution in [-0.4, -0.2) is 35.4 Å². The van der Waals surface area contributed by atoms with Gasteiger partial charge in [-0.05, 0) is 48.8 Å². The second kappa shape index (κ2) is 8.00. The highest BCUT2D eigenvalue weighted by Gasteiger charge is 2.31. The SMILES string of the molecule is CCC(O)(CC)C(=S)Oc1ncc(Cl)cc1-c1ccc(S(C)(=O)=O)cc1. The van der Waals surface area contributed by atoms with E-state index in [9.17, 15) is 13.5 Å². The molecule has 2 rings (SSSR count). The van der Waals surface area contributed by atoms with E-state index in [4.69, 9.17) is 28.6 Å². The molecular formula is C18H20ClNO4S2. The maximum atomic E-state index is 11.6. The fourth-order valence-electron chi connectivity index (χ4n) is 2.32. The van der Waals surface area contributed by atoms with Crippen molar-refractivity contribution in [2.75, 3.05) is 6.26 Å². The van der Waals surface area contributed by atoms with Gasteiger partial charge in [-0.2, -0.15) is 0 Å². The Morgan fingerprint density at radius 2 is 1.85 bits per heavy atom. The minimum Gasteiger partial charge on any atom is -0.428 e. The fraction of sp³-hybridized carbons (Fsp3) is 0.333. The van der Waals surface area contributed by atoms with Gasteiger partial charge in [0, 0.05) is 18.0 Å². The molecule has 0 radical (unpaired) electrons. The molecular weight excluding hydrogens is 394 g/mol. The number of thiocarbonyl (C=S) groups is 1. The van der Waals surface area contributed by atoms with E-state index < -0.39 is 15.4 Å². The standard InChI is InChI=1S/C18H20ClNO4S2/c1-4-18(21,5-2)17(25)24-16-15(10-13(19)11-20-16)12-6-8-14(9-7-12)26(3,22)23/h6-11,21H,4-5H2,1-3H3. The third-order valence-electron chi connectivity index (χ3n) is 4.15. The molecule has 0 aliphatic carbocycles. The van der Waals surface area contributed by atoms with Gasteiger partial charge in [0.25, 0.3) is 0 Å². The first-order valence-electron chi connectivity index (χ1n) is 8.01. The summed E-state index contributed by atoms with van der Waals surface area (Å²) in [4.78, 5) is 4.39. The summed E-state index contributed by atoms with van der Waals surface area (Å²) in [5, 5.41) is 10.9. The van der Waals surface area contributed by atoms with Crippen molar-refractivity contribution in [3.63, 3.8) is 0 Å². The molecule has 26 heavy (non-hydrogen) atoms. The smallest absolute Gasteiger partial charge is 0.228 e. The van der Waals surface area contributed by atoms with Gasteiger partial charge >= 0.3 is 0 Å². The lowest BCUT2D eigenvalue weighted by atomic mass is 9.99. The van der Waals surface area contributed by atoms with Gasteiger partial charge in [0.2, 0.25) is 10.9 Å². The van der Waals surface area contributed by atoms with E-state index in [-0.39, 0.29) is 15.8 Å². The van der Waals surface area contributed by atoms with Gasteiger partial charge in [-0.3, -0.25) is 0 Å². The number of ether oxygens (including phenoxy) is 1. The number of hydrogen-bond acceptors (Lipinski definition) is 6. The lowest BCUT2D eigenvalue weighted by molar-refractivity contribution is 0.0901. The number of sulfone groups is 1. The highest BCUT2D eigenvalue weighted by Crippen LogP contribution is 2.32. The minimum atomic E-state index is -3.29. The quantitative estimate of drug-likeness (QED) is 0.719. The fourth-order valence-corrected chi connectivity index (χ4v) is 3.47. The third-order valence-corrected chi connectivity index (χ3v) is 5.95. The van der Waals surface area contributed by atoms with E-state index in [1.54, 1.807) is 18.2 Å². The summed E-state index contributed by atoms with van der Waals surface area (Å²) in [7, 11) is -3.29. The molecule has 5 nitrogen and oxygen atoms in total. The van der Waals surface area contributed by atoms with Gasteiger partial charge in [0.15, 0.2) is 9.84 Å². The van der Waals surface area contributed by atoms with Gasteiger partial charge in [-0.25, -0.2) is 13.4 Å². The van der Waals surface area contributed by atoms with Gasteiger partial charge in [-0.1, -0.05) is 37.6 Å². The number of nitrogens with zero attached hydrogens (tertiary/aromatic N) is 1. The molecule has 0 saturated carbocycles. The van der Waals surface area contributed by atoms with Crippen LogP contribution in [0.5, 0.6) is 5.88 Å². The Morgan fingerprint density at radius 1 is 1.27 bits per heavy atom. The van der Waals surface area contributed by atoms with E-state index in [1.165, 1.54) is 18.3 Å². The van der Waals surface area contributed by atoms with Crippen molar-refractivity contribution in [3.8, 4) is 17.0 Å². The number of aromatic nitrogens is 1. The lowest BCUT2D eigenvalue weighted by Crippen LogP contribution is -2.39. The van der Waals surface area contributed by atoms with Crippen LogP contribution in [0.4, 0.5) is 0 Å². The van der Waals surface area contributed by atoms with Crippen molar-refractivity contribution < 1.29 is 18.3 Å². The van der Waals surface area contributed by atoms with E-state index in [0.717, 1.165) is 6.26 Å². The van der Waals surface area contributed by atoms with Crippen LogP contribution in [0.15, 0.2) is 41.4 Å². The monoisotopic (exact) mass is 413 g/mol. The predicted molar refractivity (Wildman–Crippen MR) is 107 cm³/mol. The number of aliphatic hydroxyl groups is 1. The number of benzene rings is 1. The molecule has 1 heterocycles. The average Bonchev–Trinajstić information content (AvgIpc) is 2.61. The molecule has 1 aromatic carbocycles. The average molecular weight is 414 g/mol. The first-order chi connectivity index (χ1) is 12.1. The highest BCUT2D eigenvalue weighted by molar-refractivity contribution is 7.90. The van der Waals surface area contributed by atoms with Gasteiger partial charge < -0.3 is 9.84 Å². The molecule has 0 spiro atoms. The van der Waals surface area contributed by atoms with Gasteiger partial charge in [-0.15, -0.1) is 0 Å². The molecule has 0 fully saturated rings. The number of pyridine rings is 1. The topological polar surface area (TPSA) is 76.5 Å². The Kier molecular flexibility index (Phi) is 6.39. The molecule has 0 saturated heterocycles. The maximum Gasteiger partial charge on any atom is 0.228 e. The normalized spacial score (nSPS) is 12.0. The number of halogens is 1. The molecule has 8 heteroatoms. The van der Waals surface area contributed by atoms with Crippen LogP contribution in [0.25, 0.3) is 11.1 Å². The van der Waals surface area contributed by atoms with Crippen LogP contribution in [0.2, 0.25) is 5.02 Å². The molecule has 0 atom stereocenters. The van der Waals surface area contributed by atoms with Crippen LogP contribution in [-0.2, 0) is 9.84 Å². The molecule has 2 aromatic rings. The largest absolute Gasteiger partial charge is 0.428 e. The Morgan fingerprint density at radius 3 is 2.35 bits per heavy atom. The third kappa shape index (κ3) is 4.59. The van der Waals surface area contributed by atoms with E-state index in [0.29, 0.717) is 29.0 Å². The zero-order chi connectivity index (χ0) is 19.5. The first-order valence-corrected chi connectivity index (χ1v) is 10.7. The first kappa shape index (κ1) is 20.8. The Labute approximate surface area is 163 Å². The molecule has 0 amide bonds. The van der Waals surface area contributed by atoms with Gasteiger partial charge in [0.05, 0.1) is 9.92 Å². The van der Waals surface area contributed by atoms with E-state index >= 15 is 0 Å². The van der Waals surface area contributed by atoms with Crippen LogP contribution in [0.3, 0.4) is 0 Å². The predicted octanol–water partition coefficient (Wildman–Crippen LogP) is 4.06. The van der Waals surface area contributed by atoms with Crippen molar-refractivity contribution in [2.24, 2.45) is 0 Å². The van der Waals surface area contributed by atoms with Crippen LogP contribution in [0, 0.1) is 0 Å². The zero-order valence-electron chi connectivity index (χ0n) is 14.7. The second-order valence-electron chi connectivity index (χ2n) is 5.93. The van der Waals surface area contributed by atoms with Crippen molar-refractivity contribution in [1.82, 2.24) is 4.98 Å². The zero-order valence-corrected chi connectivity index (χ0v) is 17.1. The minimum absolute atomic E-state index is 0.0336. The second-order valence-corrected chi connectivity index (χ2v) is 8.75. The van der Waals surface area contributed by atoms with Crippen molar-refractivity contribution >= 4 is 38.7 Å². The summed E-state index contributed by atoms with van der Waals surface area (Å²) < 4.78 is 28.9. The van der Waals surface area contributed by atoms with Crippen LogP contribution >= 0.6 is 23.8 Å². The molecule has 0 unspecified atom stereocenters. The summed E-state index contributed by atoms with van der Waals surface area (Å²) in [6.45, 7) is 3.64. The molecule has 140 valence electrons. The molecule has 1 N–H and O–H groups in total. The Balaban J connectivity index is 2.44. The van der Waals surface area contributed by atoms with Gasteiger partial charge in [0.1, 0.15) is 5.60 Å². The summed E-state index contributed by atoms with van der Waals surface area (Å²) in [6.07, 6.45) is 3.39. The molecule has 0 bridgehead atoms. The van der Waals surface area contributed by atoms with Crippen molar-refractivity contribution in [1.29, 1.82) is 0 Å². The van der Waals surface area contributed by atoms with Crippen molar-refractivity contribution in [2.45, 2.75) is 37.2 Å². The van der Waals surface area contributed by atoms with E-state index in [1.807, 2.05) is 13.8 Å². The molecule has 0 aliphatic heterocycles. The highest BCUT2D eigenvalue weighted by atomic mass is 35.5. The molecule has 1 aromatic heterocycles.